The van der Waals surface area contributed by atoms with Crippen molar-refractivity contribution in [2.45, 2.75) is 76.5 Å². The van der Waals surface area contributed by atoms with Gasteiger partial charge in [0.2, 0.25) is 0 Å². The van der Waals surface area contributed by atoms with Gasteiger partial charge in [-0.25, -0.2) is 0 Å². The fourth-order valence-corrected chi connectivity index (χ4v) is 5.82. The Morgan fingerprint density at radius 1 is 0.895 bits per heavy atom. The molecular weight excluding hydrogens is 500 g/mol. The first-order valence-electron chi connectivity index (χ1n) is 13.7. The zero-order chi connectivity index (χ0) is 27.2. The van der Waals surface area contributed by atoms with Crippen molar-refractivity contribution in [2.75, 3.05) is 40.2 Å². The fraction of sp³-hybridized carbons (Fsp3) is 0.581. The number of carbonyl (C=O) groups is 1. The molecule has 0 saturated heterocycles. The molecule has 2 atom stereocenters. The molecule has 1 aliphatic heterocycles. The van der Waals surface area contributed by atoms with E-state index in [1.54, 1.807) is 21.1 Å². The Morgan fingerprint density at radius 3 is 2.16 bits per heavy atom. The smallest absolute Gasteiger partial charge is 0.188 e. The van der Waals surface area contributed by atoms with Crippen LogP contribution in [0.1, 0.15) is 82.3 Å². The van der Waals surface area contributed by atoms with E-state index in [0.29, 0.717) is 12.5 Å². The highest BCUT2D eigenvalue weighted by atomic mass is 32.2. The Morgan fingerprint density at radius 2 is 1.50 bits per heavy atom. The molecule has 1 heterocycles. The van der Waals surface area contributed by atoms with Crippen LogP contribution in [0.2, 0.25) is 0 Å². The number of hydrogen-bond acceptors (Lipinski definition) is 7. The Hall–Kier alpha value is -2.22. The highest BCUT2D eigenvalue weighted by molar-refractivity contribution is 8.13. The largest absolute Gasteiger partial charge is 0.492 e. The first-order valence-corrected chi connectivity index (χ1v) is 14.7. The minimum absolute atomic E-state index is 0.157. The Kier molecular flexibility index (Phi) is 12.8. The number of unbranched alkanes of at least 4 members (excludes halogenated alkanes) is 6. The van der Waals surface area contributed by atoms with E-state index in [4.69, 9.17) is 23.7 Å². The number of methoxy groups -OCH3 is 2. The van der Waals surface area contributed by atoms with Crippen molar-refractivity contribution in [3.8, 4) is 17.2 Å². The maximum atomic E-state index is 11.0. The molecule has 1 aliphatic rings. The summed E-state index contributed by atoms with van der Waals surface area (Å²) in [5.41, 5.74) is 2.34. The van der Waals surface area contributed by atoms with Crippen molar-refractivity contribution in [3.63, 3.8) is 0 Å². The first kappa shape index (κ1) is 30.3. The molecule has 0 saturated carbocycles. The molecular formula is C31H44O6S. The van der Waals surface area contributed by atoms with E-state index >= 15 is 0 Å². The lowest BCUT2D eigenvalue weighted by molar-refractivity contribution is -0.109. The van der Waals surface area contributed by atoms with E-state index < -0.39 is 0 Å². The highest BCUT2D eigenvalue weighted by Crippen LogP contribution is 2.50. The van der Waals surface area contributed by atoms with Crippen LogP contribution in [0.15, 0.2) is 42.5 Å². The Labute approximate surface area is 232 Å². The topological polar surface area (TPSA) is 63.2 Å². The number of thioether (sulfide) groups is 1. The second kappa shape index (κ2) is 16.0. The molecule has 7 heteroatoms. The molecule has 6 nitrogen and oxygen atoms in total. The molecule has 38 heavy (non-hydrogen) atoms. The minimum atomic E-state index is -0.157. The van der Waals surface area contributed by atoms with Crippen LogP contribution in [0.3, 0.4) is 0 Å². The van der Waals surface area contributed by atoms with Crippen molar-refractivity contribution in [1.82, 2.24) is 0 Å². The Balaban J connectivity index is 1.64. The summed E-state index contributed by atoms with van der Waals surface area (Å²) in [6, 6.07) is 14.5. The van der Waals surface area contributed by atoms with Gasteiger partial charge in [0.15, 0.2) is 18.7 Å². The summed E-state index contributed by atoms with van der Waals surface area (Å²) in [6.07, 6.45) is 9.61. The van der Waals surface area contributed by atoms with Gasteiger partial charge in [0.1, 0.15) is 17.2 Å². The fourth-order valence-electron chi connectivity index (χ4n) is 5.18. The molecule has 0 N–H and O–H groups in total. The van der Waals surface area contributed by atoms with Crippen LogP contribution in [-0.4, -0.2) is 45.3 Å². The molecule has 0 aromatic heterocycles. The highest BCUT2D eigenvalue weighted by Gasteiger charge is 2.42. The lowest BCUT2D eigenvalue weighted by Crippen LogP contribution is -2.40. The molecule has 2 aromatic carbocycles. The zero-order valence-corrected chi connectivity index (χ0v) is 24.3. The molecule has 0 radical (unpaired) electrons. The summed E-state index contributed by atoms with van der Waals surface area (Å²) in [6.45, 7) is 5.02. The van der Waals surface area contributed by atoms with Crippen molar-refractivity contribution in [1.29, 1.82) is 0 Å². The van der Waals surface area contributed by atoms with Crippen molar-refractivity contribution >= 4 is 16.9 Å². The number of rotatable bonds is 17. The van der Waals surface area contributed by atoms with Crippen LogP contribution >= 0.6 is 11.8 Å². The van der Waals surface area contributed by atoms with Crippen LogP contribution in [0.4, 0.5) is 0 Å². The van der Waals surface area contributed by atoms with E-state index in [2.05, 4.69) is 25.1 Å². The van der Waals surface area contributed by atoms with E-state index in [-0.39, 0.29) is 24.1 Å². The summed E-state index contributed by atoms with van der Waals surface area (Å²) in [7, 11) is 3.24. The molecule has 210 valence electrons. The SMILES string of the molecule is COCOc1ccc([C@@]2(C)COc3cc(OCOC)ccc3[C@H]2CCCCCCCCCSC(C)=O)cc1. The lowest BCUT2D eigenvalue weighted by atomic mass is 9.66. The average Bonchev–Trinajstić information content (AvgIpc) is 2.92. The van der Waals surface area contributed by atoms with E-state index in [9.17, 15) is 4.79 Å². The van der Waals surface area contributed by atoms with Crippen molar-refractivity contribution in [2.24, 2.45) is 0 Å². The van der Waals surface area contributed by atoms with Crippen LogP contribution < -0.4 is 14.2 Å². The average molecular weight is 545 g/mol. The predicted molar refractivity (Wildman–Crippen MR) is 154 cm³/mol. The van der Waals surface area contributed by atoms with Crippen LogP contribution in [0, 0.1) is 0 Å². The zero-order valence-electron chi connectivity index (χ0n) is 23.5. The number of hydrogen-bond donors (Lipinski definition) is 0. The molecule has 0 fully saturated rings. The molecule has 0 unspecified atom stereocenters. The summed E-state index contributed by atoms with van der Waals surface area (Å²) >= 11 is 1.44. The van der Waals surface area contributed by atoms with Gasteiger partial charge in [0.25, 0.3) is 0 Å². The third kappa shape index (κ3) is 8.92. The number of carbonyl (C=O) groups excluding carboxylic acids is 1. The van der Waals surface area contributed by atoms with Crippen LogP contribution in [-0.2, 0) is 19.7 Å². The van der Waals surface area contributed by atoms with Gasteiger partial charge in [-0.3, -0.25) is 4.79 Å². The molecule has 0 spiro atoms. The minimum Gasteiger partial charge on any atom is -0.492 e. The number of ether oxygens (including phenoxy) is 5. The van der Waals surface area contributed by atoms with Gasteiger partial charge in [-0.1, -0.05) is 75.4 Å². The quantitative estimate of drug-likeness (QED) is 0.151. The first-order chi connectivity index (χ1) is 18.5. The van der Waals surface area contributed by atoms with E-state index in [1.165, 1.54) is 61.4 Å². The van der Waals surface area contributed by atoms with Gasteiger partial charge >= 0.3 is 0 Å². The maximum absolute atomic E-state index is 11.0. The lowest BCUT2D eigenvalue weighted by Gasteiger charge is -2.43. The second-order valence-electron chi connectivity index (χ2n) is 10.2. The molecule has 3 rings (SSSR count). The summed E-state index contributed by atoms with van der Waals surface area (Å²) in [5, 5.41) is 0.223. The van der Waals surface area contributed by atoms with Crippen LogP contribution in [0.5, 0.6) is 17.2 Å². The monoisotopic (exact) mass is 544 g/mol. The summed E-state index contributed by atoms with van der Waals surface area (Å²) in [4.78, 5) is 11.0. The van der Waals surface area contributed by atoms with Crippen LogP contribution in [0.25, 0.3) is 0 Å². The molecule has 0 bridgehead atoms. The maximum Gasteiger partial charge on any atom is 0.188 e. The predicted octanol–water partition coefficient (Wildman–Crippen LogP) is 7.49. The molecule has 0 aliphatic carbocycles. The summed E-state index contributed by atoms with van der Waals surface area (Å²) < 4.78 is 27.7. The van der Waals surface area contributed by atoms with Gasteiger partial charge in [0, 0.05) is 44.3 Å². The van der Waals surface area contributed by atoms with Gasteiger partial charge in [-0.2, -0.15) is 0 Å². The molecule has 2 aromatic rings. The molecule has 0 amide bonds. The second-order valence-corrected chi connectivity index (χ2v) is 11.5. The third-order valence-electron chi connectivity index (χ3n) is 7.30. The van der Waals surface area contributed by atoms with E-state index in [0.717, 1.165) is 35.8 Å². The number of fused-ring (bicyclic) bond motifs is 1. The summed E-state index contributed by atoms with van der Waals surface area (Å²) in [5.74, 6) is 3.75. The van der Waals surface area contributed by atoms with Gasteiger partial charge in [0.05, 0.1) is 6.61 Å². The normalized spacial score (nSPS) is 18.5. The van der Waals surface area contributed by atoms with E-state index in [1.807, 2.05) is 24.3 Å². The number of benzene rings is 2. The van der Waals surface area contributed by atoms with Gasteiger partial charge in [-0.05, 0) is 42.2 Å². The Bertz CT molecular complexity index is 979. The standard InChI is InChI=1S/C31H44O6S/c1-24(32)38-19-11-9-7-5-6-8-10-12-29-28-18-17-27(37-23-34-4)20-30(28)35-21-31(29,2)25-13-15-26(16-14-25)36-22-33-3/h13-18,20,29H,5-12,19,21-23H2,1-4H3/t29-,31-/m1/s1. The van der Waals surface area contributed by atoms with Gasteiger partial charge in [-0.15, -0.1) is 0 Å². The van der Waals surface area contributed by atoms with Crippen molar-refractivity contribution in [3.05, 3.63) is 53.6 Å². The van der Waals surface area contributed by atoms with Crippen molar-refractivity contribution < 1.29 is 28.5 Å². The third-order valence-corrected chi connectivity index (χ3v) is 8.20. The van der Waals surface area contributed by atoms with Gasteiger partial charge < -0.3 is 23.7 Å².